The number of hydrogen-bond donors (Lipinski definition) is 5. The molecule has 6 rings (SSSR count). The molecule has 4 aromatic heterocycles. The molecule has 0 aliphatic carbocycles. The highest BCUT2D eigenvalue weighted by Gasteiger charge is 2.29. The molecule has 0 radical (unpaired) electrons. The maximum atomic E-state index is 11.1. The van der Waals surface area contributed by atoms with Gasteiger partial charge >= 0.3 is 0 Å². The van der Waals surface area contributed by atoms with Gasteiger partial charge in [-0.15, -0.1) is 0 Å². The Bertz CT molecular complexity index is 1600. The average molecular weight is 426 g/mol. The standard InChI is InChI=1S/C24H18N4O4/c29-11-14-6-8-20(32-14)22-21(16-10-25-17-4-2-1-3-15(16)17)23(30)24(31)28(22)13-5-7-18-19(9-13)27-12-26-18/h1-10,12,25,29-31H,11H2,(H,26,27). The second-order valence-electron chi connectivity index (χ2n) is 7.51. The Morgan fingerprint density at radius 2 is 1.84 bits per heavy atom. The summed E-state index contributed by atoms with van der Waals surface area (Å²) in [6, 6.07) is 16.6. The first-order valence-corrected chi connectivity index (χ1v) is 10.0. The first kappa shape index (κ1) is 18.3. The number of hydrogen-bond acceptors (Lipinski definition) is 5. The minimum absolute atomic E-state index is 0.263. The largest absolute Gasteiger partial charge is 0.503 e. The van der Waals surface area contributed by atoms with Gasteiger partial charge in [0.25, 0.3) is 0 Å². The van der Waals surface area contributed by atoms with E-state index < -0.39 is 0 Å². The molecule has 0 saturated carbocycles. The molecule has 0 aliphatic heterocycles. The van der Waals surface area contributed by atoms with Gasteiger partial charge in [0.15, 0.2) is 11.5 Å². The summed E-state index contributed by atoms with van der Waals surface area (Å²) >= 11 is 0. The topological polar surface area (TPSA) is 123 Å². The molecule has 0 bridgehead atoms. The zero-order valence-electron chi connectivity index (χ0n) is 16.7. The van der Waals surface area contributed by atoms with E-state index in [-0.39, 0.29) is 18.2 Å². The fourth-order valence-corrected chi connectivity index (χ4v) is 4.22. The summed E-state index contributed by atoms with van der Waals surface area (Å²) < 4.78 is 7.38. The lowest BCUT2D eigenvalue weighted by Crippen LogP contribution is -1.97. The van der Waals surface area contributed by atoms with E-state index in [1.165, 1.54) is 4.57 Å². The average Bonchev–Trinajstić information content (AvgIpc) is 3.59. The summed E-state index contributed by atoms with van der Waals surface area (Å²) in [4.78, 5) is 10.5. The van der Waals surface area contributed by atoms with E-state index in [0.29, 0.717) is 34.0 Å². The fraction of sp³-hybridized carbons (Fsp3) is 0.0417. The molecule has 6 aromatic rings. The van der Waals surface area contributed by atoms with Crippen molar-refractivity contribution in [3.05, 3.63) is 72.9 Å². The number of para-hydroxylation sites is 1. The van der Waals surface area contributed by atoms with E-state index in [9.17, 15) is 15.3 Å². The zero-order chi connectivity index (χ0) is 21.8. The highest BCUT2D eigenvalue weighted by molar-refractivity contribution is 6.02. The minimum atomic E-state index is -0.318. The summed E-state index contributed by atoms with van der Waals surface area (Å²) in [6.45, 7) is -0.263. The maximum absolute atomic E-state index is 11.1. The molecular formula is C24H18N4O4. The van der Waals surface area contributed by atoms with Gasteiger partial charge in [0.1, 0.15) is 18.1 Å². The number of benzene rings is 2. The van der Waals surface area contributed by atoms with Crippen molar-refractivity contribution < 1.29 is 19.7 Å². The van der Waals surface area contributed by atoms with E-state index in [0.717, 1.165) is 21.9 Å². The first-order chi connectivity index (χ1) is 15.7. The highest BCUT2D eigenvalue weighted by Crippen LogP contribution is 2.50. The molecule has 0 unspecified atom stereocenters. The second-order valence-corrected chi connectivity index (χ2v) is 7.51. The number of fused-ring (bicyclic) bond motifs is 2. The monoisotopic (exact) mass is 426 g/mol. The van der Waals surface area contributed by atoms with Gasteiger partial charge in [-0.25, -0.2) is 4.98 Å². The van der Waals surface area contributed by atoms with E-state index in [4.69, 9.17) is 4.42 Å². The third-order valence-corrected chi connectivity index (χ3v) is 5.69. The van der Waals surface area contributed by atoms with Crippen LogP contribution in [0.1, 0.15) is 5.76 Å². The van der Waals surface area contributed by atoms with Crippen LogP contribution in [0.2, 0.25) is 0 Å². The number of rotatable bonds is 4. The van der Waals surface area contributed by atoms with Crippen molar-refractivity contribution in [1.82, 2.24) is 19.5 Å². The predicted molar refractivity (Wildman–Crippen MR) is 120 cm³/mol. The lowest BCUT2D eigenvalue weighted by molar-refractivity contribution is 0.248. The van der Waals surface area contributed by atoms with Crippen LogP contribution in [0.25, 0.3) is 50.2 Å². The Kier molecular flexibility index (Phi) is 3.89. The van der Waals surface area contributed by atoms with Gasteiger partial charge in [0.2, 0.25) is 5.88 Å². The van der Waals surface area contributed by atoms with Crippen LogP contribution in [0, 0.1) is 0 Å². The molecular weight excluding hydrogens is 408 g/mol. The van der Waals surface area contributed by atoms with Crippen LogP contribution in [0.4, 0.5) is 0 Å². The Morgan fingerprint density at radius 3 is 2.69 bits per heavy atom. The fourth-order valence-electron chi connectivity index (χ4n) is 4.22. The van der Waals surface area contributed by atoms with Crippen LogP contribution in [-0.2, 0) is 6.61 Å². The predicted octanol–water partition coefficient (Wildman–Crippen LogP) is 4.67. The number of nitrogens with zero attached hydrogens (tertiary/aromatic N) is 2. The summed E-state index contributed by atoms with van der Waals surface area (Å²) in [5.41, 5.74) is 4.67. The van der Waals surface area contributed by atoms with Gasteiger partial charge in [0, 0.05) is 22.7 Å². The molecule has 0 spiro atoms. The number of aromatic hydroxyl groups is 2. The normalized spacial score (nSPS) is 11.7. The molecule has 2 aromatic carbocycles. The molecule has 32 heavy (non-hydrogen) atoms. The number of aromatic nitrogens is 4. The Labute approximate surface area is 181 Å². The maximum Gasteiger partial charge on any atom is 0.240 e. The van der Waals surface area contributed by atoms with Crippen molar-refractivity contribution in [3.63, 3.8) is 0 Å². The van der Waals surface area contributed by atoms with Crippen molar-refractivity contribution >= 4 is 21.9 Å². The smallest absolute Gasteiger partial charge is 0.240 e. The number of nitrogens with one attached hydrogen (secondary N) is 2. The molecule has 0 saturated heterocycles. The van der Waals surface area contributed by atoms with Gasteiger partial charge in [-0.1, -0.05) is 18.2 Å². The second kappa shape index (κ2) is 6.79. The summed E-state index contributed by atoms with van der Waals surface area (Å²) in [5.74, 6) is 0.188. The highest BCUT2D eigenvalue weighted by atomic mass is 16.4. The number of aromatic amines is 2. The van der Waals surface area contributed by atoms with Crippen LogP contribution in [0.3, 0.4) is 0 Å². The SMILES string of the molecule is OCc1ccc(-c2c(-c3c[nH]c4ccccc34)c(O)c(O)n2-c2ccc3nc[nH]c3c2)o1. The number of imidazole rings is 1. The molecule has 8 heteroatoms. The van der Waals surface area contributed by atoms with Crippen molar-refractivity contribution in [2.24, 2.45) is 0 Å². The lowest BCUT2D eigenvalue weighted by atomic mass is 10.0. The number of aliphatic hydroxyl groups is 1. The summed E-state index contributed by atoms with van der Waals surface area (Å²) in [6.07, 6.45) is 3.39. The summed E-state index contributed by atoms with van der Waals surface area (Å²) in [5, 5.41) is 32.6. The van der Waals surface area contributed by atoms with E-state index >= 15 is 0 Å². The summed E-state index contributed by atoms with van der Waals surface area (Å²) in [7, 11) is 0. The van der Waals surface area contributed by atoms with Gasteiger partial charge in [-0.3, -0.25) is 4.57 Å². The molecule has 0 atom stereocenters. The minimum Gasteiger partial charge on any atom is -0.503 e. The number of H-pyrrole nitrogens is 2. The van der Waals surface area contributed by atoms with E-state index in [1.54, 1.807) is 30.7 Å². The quantitative estimate of drug-likeness (QED) is 0.280. The van der Waals surface area contributed by atoms with Gasteiger partial charge < -0.3 is 29.7 Å². The van der Waals surface area contributed by atoms with E-state index in [2.05, 4.69) is 15.0 Å². The van der Waals surface area contributed by atoms with Crippen molar-refractivity contribution in [3.8, 4) is 39.9 Å². The number of aliphatic hydroxyl groups excluding tert-OH is 1. The molecule has 4 heterocycles. The first-order valence-electron chi connectivity index (χ1n) is 10.0. The van der Waals surface area contributed by atoms with Gasteiger partial charge in [0.05, 0.1) is 28.6 Å². The molecule has 0 fully saturated rings. The lowest BCUT2D eigenvalue weighted by Gasteiger charge is -2.10. The Morgan fingerprint density at radius 1 is 0.969 bits per heavy atom. The number of furan rings is 1. The third kappa shape index (κ3) is 2.57. The van der Waals surface area contributed by atoms with Crippen LogP contribution >= 0.6 is 0 Å². The Balaban J connectivity index is 1.70. The van der Waals surface area contributed by atoms with Crippen molar-refractivity contribution in [1.29, 1.82) is 0 Å². The van der Waals surface area contributed by atoms with Crippen LogP contribution < -0.4 is 0 Å². The zero-order valence-corrected chi connectivity index (χ0v) is 16.7. The van der Waals surface area contributed by atoms with Crippen molar-refractivity contribution in [2.45, 2.75) is 6.61 Å². The molecule has 0 aliphatic rings. The van der Waals surface area contributed by atoms with Gasteiger partial charge in [-0.2, -0.15) is 0 Å². The van der Waals surface area contributed by atoms with Crippen LogP contribution in [0.15, 0.2) is 71.5 Å². The molecule has 158 valence electrons. The van der Waals surface area contributed by atoms with E-state index in [1.807, 2.05) is 36.4 Å². The Hall–Kier alpha value is -4.43. The molecule has 0 amide bonds. The van der Waals surface area contributed by atoms with Gasteiger partial charge in [-0.05, 0) is 36.4 Å². The van der Waals surface area contributed by atoms with Crippen LogP contribution in [-0.4, -0.2) is 34.8 Å². The molecule has 5 N–H and O–H groups in total. The third-order valence-electron chi connectivity index (χ3n) is 5.69. The van der Waals surface area contributed by atoms with Crippen LogP contribution in [0.5, 0.6) is 11.6 Å². The molecule has 8 nitrogen and oxygen atoms in total. The van der Waals surface area contributed by atoms with Crippen molar-refractivity contribution in [2.75, 3.05) is 0 Å².